The smallest absolute Gasteiger partial charge is 0.139 e. The Bertz CT molecular complexity index is 367. The molecule has 5 nitrogen and oxygen atoms in total. The molecule has 0 bridgehead atoms. The topological polar surface area (TPSA) is 88.1 Å². The predicted molar refractivity (Wildman–Crippen MR) is 65.1 cm³/mol. The van der Waals surface area contributed by atoms with Crippen LogP contribution in [0.15, 0.2) is 29.4 Å². The van der Waals surface area contributed by atoms with E-state index in [2.05, 4.69) is 5.16 Å². The number of rotatable bonds is 7. The van der Waals surface area contributed by atoms with Crippen molar-refractivity contribution in [3.8, 4) is 5.75 Å². The number of unbranched alkanes of at least 4 members (excludes halogenated alkanes) is 1. The fourth-order valence-corrected chi connectivity index (χ4v) is 1.42. The van der Waals surface area contributed by atoms with Crippen LogP contribution < -0.4 is 10.5 Å². The fourth-order valence-electron chi connectivity index (χ4n) is 1.42. The van der Waals surface area contributed by atoms with Crippen molar-refractivity contribution in [3.63, 3.8) is 0 Å². The molecule has 0 aliphatic heterocycles. The Balaban J connectivity index is 2.26. The highest BCUT2D eigenvalue weighted by Gasteiger charge is 2.01. The first kappa shape index (κ1) is 13.3. The summed E-state index contributed by atoms with van der Waals surface area (Å²) in [7, 11) is 0. The van der Waals surface area contributed by atoms with Gasteiger partial charge in [0.05, 0.1) is 13.2 Å². The van der Waals surface area contributed by atoms with Crippen LogP contribution in [0, 0.1) is 0 Å². The highest BCUT2D eigenvalue weighted by Crippen LogP contribution is 2.17. The number of aliphatic hydroxyl groups is 1. The van der Waals surface area contributed by atoms with Gasteiger partial charge in [0, 0.05) is 12.0 Å². The second-order valence-electron chi connectivity index (χ2n) is 3.66. The van der Waals surface area contributed by atoms with Gasteiger partial charge in [-0.25, -0.2) is 0 Å². The van der Waals surface area contributed by atoms with E-state index < -0.39 is 0 Å². The first-order valence-electron chi connectivity index (χ1n) is 5.56. The molecule has 0 amide bonds. The van der Waals surface area contributed by atoms with E-state index in [1.807, 2.05) is 24.3 Å². The van der Waals surface area contributed by atoms with Gasteiger partial charge in [0.25, 0.3) is 0 Å². The number of amidine groups is 1. The zero-order chi connectivity index (χ0) is 12.5. The Morgan fingerprint density at radius 1 is 1.29 bits per heavy atom. The van der Waals surface area contributed by atoms with Crippen molar-refractivity contribution >= 4 is 5.84 Å². The minimum Gasteiger partial charge on any atom is -0.493 e. The summed E-state index contributed by atoms with van der Waals surface area (Å²) in [6.45, 7) is 0.524. The molecular formula is C12H18N2O3. The maximum absolute atomic E-state index is 9.09. The van der Waals surface area contributed by atoms with Crippen molar-refractivity contribution in [2.75, 3.05) is 6.61 Å². The Labute approximate surface area is 101 Å². The number of benzene rings is 1. The lowest BCUT2D eigenvalue weighted by Crippen LogP contribution is -2.11. The average molecular weight is 238 g/mol. The van der Waals surface area contributed by atoms with Crippen LogP contribution in [-0.4, -0.2) is 22.8 Å². The van der Waals surface area contributed by atoms with E-state index in [0.717, 1.165) is 18.4 Å². The van der Waals surface area contributed by atoms with Crippen LogP contribution >= 0.6 is 0 Å². The van der Waals surface area contributed by atoms with Crippen molar-refractivity contribution in [1.29, 1.82) is 0 Å². The first-order chi connectivity index (χ1) is 8.27. The SMILES string of the molecule is NC(CCCCOc1ccccc1CO)=NO. The van der Waals surface area contributed by atoms with Crippen LogP contribution in [0.4, 0.5) is 0 Å². The molecule has 0 spiro atoms. The van der Waals surface area contributed by atoms with Gasteiger partial charge in [-0.05, 0) is 18.9 Å². The molecule has 4 N–H and O–H groups in total. The molecule has 1 aromatic rings. The second-order valence-corrected chi connectivity index (χ2v) is 3.66. The van der Waals surface area contributed by atoms with E-state index in [-0.39, 0.29) is 12.4 Å². The van der Waals surface area contributed by atoms with Crippen molar-refractivity contribution < 1.29 is 15.1 Å². The van der Waals surface area contributed by atoms with E-state index in [1.165, 1.54) is 0 Å². The van der Waals surface area contributed by atoms with E-state index in [0.29, 0.717) is 18.8 Å². The fraction of sp³-hybridized carbons (Fsp3) is 0.417. The number of ether oxygens (including phenoxy) is 1. The van der Waals surface area contributed by atoms with Gasteiger partial charge >= 0.3 is 0 Å². The highest BCUT2D eigenvalue weighted by molar-refractivity contribution is 5.79. The molecule has 0 atom stereocenters. The van der Waals surface area contributed by atoms with Crippen molar-refractivity contribution in [3.05, 3.63) is 29.8 Å². The Morgan fingerprint density at radius 3 is 2.76 bits per heavy atom. The predicted octanol–water partition coefficient (Wildman–Crippen LogP) is 1.47. The maximum Gasteiger partial charge on any atom is 0.139 e. The lowest BCUT2D eigenvalue weighted by atomic mass is 10.2. The maximum atomic E-state index is 9.09. The number of oxime groups is 1. The third-order valence-corrected chi connectivity index (χ3v) is 2.36. The molecule has 17 heavy (non-hydrogen) atoms. The lowest BCUT2D eigenvalue weighted by molar-refractivity contribution is 0.260. The molecule has 0 radical (unpaired) electrons. The first-order valence-corrected chi connectivity index (χ1v) is 5.56. The summed E-state index contributed by atoms with van der Waals surface area (Å²) in [6.07, 6.45) is 2.18. The minimum absolute atomic E-state index is 0.0275. The third-order valence-electron chi connectivity index (χ3n) is 2.36. The van der Waals surface area contributed by atoms with Gasteiger partial charge in [0.2, 0.25) is 0 Å². The number of nitrogens with zero attached hydrogens (tertiary/aromatic N) is 1. The molecular weight excluding hydrogens is 220 g/mol. The molecule has 0 aliphatic rings. The Hall–Kier alpha value is -1.75. The Morgan fingerprint density at radius 2 is 2.06 bits per heavy atom. The van der Waals surface area contributed by atoms with Gasteiger partial charge < -0.3 is 20.8 Å². The zero-order valence-corrected chi connectivity index (χ0v) is 9.67. The number of nitrogens with two attached hydrogens (primary N) is 1. The summed E-state index contributed by atoms with van der Waals surface area (Å²) in [5.41, 5.74) is 6.12. The molecule has 0 unspecified atom stereocenters. The molecule has 5 heteroatoms. The van der Waals surface area contributed by atoms with Crippen LogP contribution in [0.3, 0.4) is 0 Å². The van der Waals surface area contributed by atoms with E-state index >= 15 is 0 Å². The summed E-state index contributed by atoms with van der Waals surface area (Å²) in [5, 5.41) is 20.3. The van der Waals surface area contributed by atoms with Gasteiger partial charge in [-0.15, -0.1) is 0 Å². The van der Waals surface area contributed by atoms with Crippen molar-refractivity contribution in [2.45, 2.75) is 25.9 Å². The monoisotopic (exact) mass is 238 g/mol. The van der Waals surface area contributed by atoms with Crippen molar-refractivity contribution in [1.82, 2.24) is 0 Å². The van der Waals surface area contributed by atoms with Crippen LogP contribution in [-0.2, 0) is 6.61 Å². The minimum atomic E-state index is -0.0275. The zero-order valence-electron chi connectivity index (χ0n) is 9.67. The van der Waals surface area contributed by atoms with Gasteiger partial charge in [-0.3, -0.25) is 0 Å². The lowest BCUT2D eigenvalue weighted by Gasteiger charge is -2.09. The molecule has 94 valence electrons. The molecule has 0 saturated carbocycles. The number of hydrogen-bond donors (Lipinski definition) is 3. The molecule has 0 aromatic heterocycles. The number of para-hydroxylation sites is 1. The van der Waals surface area contributed by atoms with E-state index in [9.17, 15) is 0 Å². The third kappa shape index (κ3) is 4.74. The largest absolute Gasteiger partial charge is 0.493 e. The highest BCUT2D eigenvalue weighted by atomic mass is 16.5. The van der Waals surface area contributed by atoms with E-state index in [1.54, 1.807) is 0 Å². The Kier molecular flexibility index (Phi) is 5.88. The standard InChI is InChI=1S/C12H18N2O3/c13-12(14-16)7-3-4-8-17-11-6-2-1-5-10(11)9-15/h1-2,5-6,15-16H,3-4,7-9H2,(H2,13,14). The van der Waals surface area contributed by atoms with E-state index in [4.69, 9.17) is 20.8 Å². The summed E-state index contributed by atoms with van der Waals surface area (Å²) >= 11 is 0. The van der Waals surface area contributed by atoms with Crippen LogP contribution in [0.1, 0.15) is 24.8 Å². The van der Waals surface area contributed by atoms with Crippen LogP contribution in [0.2, 0.25) is 0 Å². The second kappa shape index (κ2) is 7.51. The molecule has 0 fully saturated rings. The molecule has 1 aromatic carbocycles. The molecule has 0 aliphatic carbocycles. The summed E-state index contributed by atoms with van der Waals surface area (Å²) in [6, 6.07) is 7.38. The summed E-state index contributed by atoms with van der Waals surface area (Å²) in [4.78, 5) is 0. The van der Waals surface area contributed by atoms with Gasteiger partial charge in [0.1, 0.15) is 11.6 Å². The summed E-state index contributed by atoms with van der Waals surface area (Å²) in [5.74, 6) is 0.944. The molecule has 0 heterocycles. The normalized spacial score (nSPS) is 11.5. The molecule has 1 rings (SSSR count). The van der Waals surface area contributed by atoms with Gasteiger partial charge in [0.15, 0.2) is 0 Å². The number of aliphatic hydroxyl groups excluding tert-OH is 1. The quantitative estimate of drug-likeness (QED) is 0.221. The van der Waals surface area contributed by atoms with Gasteiger partial charge in [-0.1, -0.05) is 23.4 Å². The van der Waals surface area contributed by atoms with Crippen LogP contribution in [0.25, 0.3) is 0 Å². The average Bonchev–Trinajstić information content (AvgIpc) is 2.38. The molecule has 0 saturated heterocycles. The summed E-state index contributed by atoms with van der Waals surface area (Å²) < 4.78 is 5.54. The van der Waals surface area contributed by atoms with Gasteiger partial charge in [-0.2, -0.15) is 0 Å². The number of hydrogen-bond acceptors (Lipinski definition) is 4. The van der Waals surface area contributed by atoms with Crippen LogP contribution in [0.5, 0.6) is 5.75 Å². The van der Waals surface area contributed by atoms with Crippen molar-refractivity contribution in [2.24, 2.45) is 10.9 Å².